The van der Waals surface area contributed by atoms with Crippen LogP contribution in [0.3, 0.4) is 0 Å². The highest BCUT2D eigenvalue weighted by atomic mass is 16.6. The first kappa shape index (κ1) is 18.5. The molecule has 4 rings (SSSR count). The number of nitro groups is 1. The minimum absolute atomic E-state index is 0.156. The predicted octanol–water partition coefficient (Wildman–Crippen LogP) is 2.65. The zero-order valence-electron chi connectivity index (χ0n) is 15.7. The standard InChI is InChI=1S/C21H18N4O4/c1-14-12-19(26)20(22-24(14)17-8-4-5-9-18(17)25(28)29)21(27)23-11-10-15-6-2-3-7-16(15)13-23/h2-9,12H,10-11,13H2,1H3. The molecule has 0 saturated carbocycles. The van der Waals surface area contributed by atoms with E-state index >= 15 is 0 Å². The molecule has 146 valence electrons. The Labute approximate surface area is 166 Å². The van der Waals surface area contributed by atoms with Crippen molar-refractivity contribution in [2.24, 2.45) is 0 Å². The zero-order chi connectivity index (χ0) is 20.5. The van der Waals surface area contributed by atoms with Gasteiger partial charge in [0.15, 0.2) is 5.69 Å². The molecule has 1 amide bonds. The van der Waals surface area contributed by atoms with Crippen molar-refractivity contribution in [3.63, 3.8) is 0 Å². The zero-order valence-corrected chi connectivity index (χ0v) is 15.7. The number of nitrogens with zero attached hydrogens (tertiary/aromatic N) is 4. The van der Waals surface area contributed by atoms with Gasteiger partial charge in [-0.3, -0.25) is 19.7 Å². The molecule has 0 atom stereocenters. The first-order valence-corrected chi connectivity index (χ1v) is 9.16. The number of aromatic nitrogens is 2. The van der Waals surface area contributed by atoms with Crippen molar-refractivity contribution in [1.82, 2.24) is 14.7 Å². The van der Waals surface area contributed by atoms with Gasteiger partial charge in [0.1, 0.15) is 5.69 Å². The van der Waals surface area contributed by atoms with Crippen molar-refractivity contribution in [1.29, 1.82) is 0 Å². The van der Waals surface area contributed by atoms with Gasteiger partial charge in [0.2, 0.25) is 5.43 Å². The summed E-state index contributed by atoms with van der Waals surface area (Å²) in [5, 5.41) is 15.6. The molecule has 1 aromatic heterocycles. The number of carbonyl (C=O) groups excluding carboxylic acids is 1. The lowest BCUT2D eigenvalue weighted by atomic mass is 10.00. The van der Waals surface area contributed by atoms with Crippen molar-refractivity contribution in [2.45, 2.75) is 19.9 Å². The molecule has 0 spiro atoms. The first-order valence-electron chi connectivity index (χ1n) is 9.16. The molecule has 2 heterocycles. The number of aryl methyl sites for hydroxylation is 1. The van der Waals surface area contributed by atoms with Crippen molar-refractivity contribution in [3.8, 4) is 5.69 Å². The number of para-hydroxylation sites is 2. The van der Waals surface area contributed by atoms with Gasteiger partial charge in [-0.15, -0.1) is 0 Å². The summed E-state index contributed by atoms with van der Waals surface area (Å²) in [6, 6.07) is 15.2. The number of fused-ring (bicyclic) bond motifs is 1. The van der Waals surface area contributed by atoms with Gasteiger partial charge >= 0.3 is 0 Å². The summed E-state index contributed by atoms with van der Waals surface area (Å²) in [5.41, 5.74) is 1.94. The minimum Gasteiger partial charge on any atom is -0.332 e. The maximum Gasteiger partial charge on any atom is 0.294 e. The van der Waals surface area contributed by atoms with Crippen LogP contribution < -0.4 is 5.43 Å². The summed E-state index contributed by atoms with van der Waals surface area (Å²) in [6.45, 7) is 2.50. The molecule has 0 bridgehead atoms. The van der Waals surface area contributed by atoms with Crippen molar-refractivity contribution in [3.05, 3.63) is 97.4 Å². The fourth-order valence-electron chi connectivity index (χ4n) is 3.56. The Morgan fingerprint density at radius 1 is 1.10 bits per heavy atom. The summed E-state index contributed by atoms with van der Waals surface area (Å²) in [6.07, 6.45) is 0.701. The lowest BCUT2D eigenvalue weighted by Crippen LogP contribution is -2.39. The Bertz CT molecular complexity index is 1190. The Balaban J connectivity index is 1.75. The molecule has 2 aromatic carbocycles. The van der Waals surface area contributed by atoms with Crippen LogP contribution >= 0.6 is 0 Å². The Morgan fingerprint density at radius 2 is 1.79 bits per heavy atom. The van der Waals surface area contributed by atoms with Gasteiger partial charge in [0.05, 0.1) is 4.92 Å². The fraction of sp³-hybridized carbons (Fsp3) is 0.190. The number of rotatable bonds is 3. The van der Waals surface area contributed by atoms with E-state index in [1.807, 2.05) is 24.3 Å². The largest absolute Gasteiger partial charge is 0.332 e. The van der Waals surface area contributed by atoms with E-state index in [0.29, 0.717) is 25.2 Å². The van der Waals surface area contributed by atoms with E-state index in [-0.39, 0.29) is 17.1 Å². The van der Waals surface area contributed by atoms with Crippen LogP contribution in [0, 0.1) is 17.0 Å². The van der Waals surface area contributed by atoms with Crippen LogP contribution in [0.15, 0.2) is 59.4 Å². The summed E-state index contributed by atoms with van der Waals surface area (Å²) in [7, 11) is 0. The van der Waals surface area contributed by atoms with E-state index in [9.17, 15) is 19.7 Å². The van der Waals surface area contributed by atoms with E-state index in [4.69, 9.17) is 0 Å². The van der Waals surface area contributed by atoms with Gasteiger partial charge in [0.25, 0.3) is 11.6 Å². The van der Waals surface area contributed by atoms with Crippen LogP contribution in [0.2, 0.25) is 0 Å². The molecule has 0 unspecified atom stereocenters. The average Bonchev–Trinajstić information content (AvgIpc) is 2.73. The van der Waals surface area contributed by atoms with Gasteiger partial charge in [-0.1, -0.05) is 36.4 Å². The molecule has 1 aliphatic rings. The van der Waals surface area contributed by atoms with Gasteiger partial charge in [-0.2, -0.15) is 5.10 Å². The van der Waals surface area contributed by atoms with Crippen LogP contribution in [0.4, 0.5) is 5.69 Å². The summed E-state index contributed by atoms with van der Waals surface area (Å²) in [4.78, 5) is 38.0. The fourth-order valence-corrected chi connectivity index (χ4v) is 3.56. The smallest absolute Gasteiger partial charge is 0.294 e. The molecule has 29 heavy (non-hydrogen) atoms. The molecular formula is C21H18N4O4. The number of benzene rings is 2. The van der Waals surface area contributed by atoms with Crippen LogP contribution in [0.5, 0.6) is 0 Å². The van der Waals surface area contributed by atoms with Gasteiger partial charge in [-0.25, -0.2) is 4.68 Å². The molecule has 0 fully saturated rings. The van der Waals surface area contributed by atoms with E-state index < -0.39 is 16.3 Å². The SMILES string of the molecule is Cc1cc(=O)c(C(=O)N2CCc3ccccc3C2)nn1-c1ccccc1[N+](=O)[O-]. The van der Waals surface area contributed by atoms with Crippen LogP contribution in [0.25, 0.3) is 5.69 Å². The van der Waals surface area contributed by atoms with Gasteiger partial charge in [0, 0.05) is 30.9 Å². The van der Waals surface area contributed by atoms with E-state index in [2.05, 4.69) is 5.10 Å². The molecule has 0 aliphatic carbocycles. The highest BCUT2D eigenvalue weighted by molar-refractivity contribution is 5.92. The van der Waals surface area contributed by atoms with Crippen molar-refractivity contribution < 1.29 is 9.72 Å². The predicted molar refractivity (Wildman–Crippen MR) is 106 cm³/mol. The Morgan fingerprint density at radius 3 is 2.55 bits per heavy atom. The molecule has 8 heteroatoms. The normalized spacial score (nSPS) is 13.1. The Hall–Kier alpha value is -3.81. The maximum atomic E-state index is 13.1. The second-order valence-corrected chi connectivity index (χ2v) is 6.90. The van der Waals surface area contributed by atoms with Crippen LogP contribution in [-0.2, 0) is 13.0 Å². The summed E-state index contributed by atoms with van der Waals surface area (Å²) in [5.74, 6) is -0.475. The molecule has 0 saturated heterocycles. The van der Waals surface area contributed by atoms with Gasteiger partial charge < -0.3 is 4.90 Å². The third-order valence-electron chi connectivity index (χ3n) is 5.03. The number of amides is 1. The van der Waals surface area contributed by atoms with E-state index in [1.54, 1.807) is 24.0 Å². The van der Waals surface area contributed by atoms with E-state index in [0.717, 1.165) is 5.56 Å². The molecule has 0 radical (unpaired) electrons. The first-order chi connectivity index (χ1) is 14.0. The highest BCUT2D eigenvalue weighted by Gasteiger charge is 2.26. The lowest BCUT2D eigenvalue weighted by Gasteiger charge is -2.28. The maximum absolute atomic E-state index is 13.1. The number of hydrogen-bond donors (Lipinski definition) is 0. The number of hydrogen-bond acceptors (Lipinski definition) is 5. The van der Waals surface area contributed by atoms with Crippen LogP contribution in [0.1, 0.15) is 27.3 Å². The number of nitro benzene ring substituents is 1. The second kappa shape index (κ2) is 7.31. The lowest BCUT2D eigenvalue weighted by molar-refractivity contribution is -0.384. The van der Waals surface area contributed by atoms with Gasteiger partial charge in [-0.05, 0) is 30.5 Å². The van der Waals surface area contributed by atoms with Crippen molar-refractivity contribution in [2.75, 3.05) is 6.54 Å². The number of carbonyl (C=O) groups is 1. The Kier molecular flexibility index (Phi) is 4.67. The molecule has 3 aromatic rings. The second-order valence-electron chi connectivity index (χ2n) is 6.90. The third-order valence-corrected chi connectivity index (χ3v) is 5.03. The molecule has 1 aliphatic heterocycles. The van der Waals surface area contributed by atoms with Crippen LogP contribution in [-0.4, -0.2) is 32.1 Å². The topological polar surface area (TPSA) is 98.3 Å². The molecular weight excluding hydrogens is 372 g/mol. The monoisotopic (exact) mass is 390 g/mol. The minimum atomic E-state index is -0.516. The van der Waals surface area contributed by atoms with Crippen molar-refractivity contribution >= 4 is 11.6 Å². The molecule has 8 nitrogen and oxygen atoms in total. The highest BCUT2D eigenvalue weighted by Crippen LogP contribution is 2.23. The quantitative estimate of drug-likeness (QED) is 0.506. The molecule has 0 N–H and O–H groups in total. The summed E-state index contributed by atoms with van der Waals surface area (Å²) < 4.78 is 1.28. The third kappa shape index (κ3) is 3.40. The summed E-state index contributed by atoms with van der Waals surface area (Å²) >= 11 is 0. The van der Waals surface area contributed by atoms with E-state index in [1.165, 1.54) is 28.4 Å². The average molecular weight is 390 g/mol.